The first-order valence-electron chi connectivity index (χ1n) is 9.31. The molecule has 1 saturated carbocycles. The number of ether oxygens (including phenoxy) is 1. The Labute approximate surface area is 167 Å². The number of aromatic amines is 1. The molecule has 8 heteroatoms. The van der Waals surface area contributed by atoms with Crippen molar-refractivity contribution in [3.8, 4) is 5.75 Å². The minimum Gasteiger partial charge on any atom is -0.484 e. The fourth-order valence-electron chi connectivity index (χ4n) is 3.59. The number of carbonyl (C=O) groups is 1. The minimum absolute atomic E-state index is 0.104. The van der Waals surface area contributed by atoms with Gasteiger partial charge < -0.3 is 24.7 Å². The van der Waals surface area contributed by atoms with Gasteiger partial charge in [-0.2, -0.15) is 0 Å². The number of hydrogen-bond donors (Lipinski definition) is 3. The lowest BCUT2D eigenvalue weighted by atomic mass is 10.1. The quantitative estimate of drug-likeness (QED) is 0.585. The molecule has 4 rings (SSSR count). The third kappa shape index (κ3) is 4.00. The summed E-state index contributed by atoms with van der Waals surface area (Å²) in [6.45, 7) is 2.44. The Bertz CT molecular complexity index is 997. The van der Waals surface area contributed by atoms with Gasteiger partial charge in [0.25, 0.3) is 0 Å². The van der Waals surface area contributed by atoms with E-state index in [0.717, 1.165) is 35.1 Å². The van der Waals surface area contributed by atoms with E-state index in [0.29, 0.717) is 29.5 Å². The Morgan fingerprint density at radius 3 is 2.96 bits per heavy atom. The highest BCUT2D eigenvalue weighted by Crippen LogP contribution is 2.31. The standard InChI is InChI=1S/C20H22ClN3O4/c1-11-5-14(28-24-11)10-27-19-8-17-12(7-16(19)21)6-13(23-17)9-22-20(26)15-3-2-4-18(15)25/h5-8,15,18,23,25H,2-4,9-10H2,1H3,(H,22,26)/t15-,18-/m1/s1. The zero-order valence-corrected chi connectivity index (χ0v) is 16.3. The predicted octanol–water partition coefficient (Wildman–Crippen LogP) is 3.47. The second-order valence-corrected chi connectivity index (χ2v) is 7.62. The molecule has 7 nitrogen and oxygen atoms in total. The molecule has 1 aliphatic carbocycles. The van der Waals surface area contributed by atoms with Gasteiger partial charge in [-0.1, -0.05) is 16.8 Å². The van der Waals surface area contributed by atoms with Crippen LogP contribution in [0.3, 0.4) is 0 Å². The number of carbonyl (C=O) groups excluding carboxylic acids is 1. The molecular weight excluding hydrogens is 382 g/mol. The van der Waals surface area contributed by atoms with Gasteiger partial charge in [0.1, 0.15) is 12.4 Å². The third-order valence-electron chi connectivity index (χ3n) is 5.05. The van der Waals surface area contributed by atoms with Crippen LogP contribution >= 0.6 is 11.6 Å². The lowest BCUT2D eigenvalue weighted by molar-refractivity contribution is -0.127. The van der Waals surface area contributed by atoms with Crippen molar-refractivity contribution in [2.75, 3.05) is 0 Å². The molecule has 0 aliphatic heterocycles. The number of aryl methyl sites for hydroxylation is 1. The van der Waals surface area contributed by atoms with E-state index in [4.69, 9.17) is 20.9 Å². The largest absolute Gasteiger partial charge is 0.484 e. The summed E-state index contributed by atoms with van der Waals surface area (Å²) in [7, 11) is 0. The molecule has 0 unspecified atom stereocenters. The van der Waals surface area contributed by atoms with Gasteiger partial charge in [-0.25, -0.2) is 0 Å². The van der Waals surface area contributed by atoms with E-state index >= 15 is 0 Å². The number of benzene rings is 1. The lowest BCUT2D eigenvalue weighted by Gasteiger charge is -2.13. The van der Waals surface area contributed by atoms with Crippen LogP contribution in [0.2, 0.25) is 5.02 Å². The van der Waals surface area contributed by atoms with Crippen LogP contribution in [0.1, 0.15) is 36.4 Å². The summed E-state index contributed by atoms with van der Waals surface area (Å²) in [5.41, 5.74) is 2.51. The van der Waals surface area contributed by atoms with Gasteiger partial charge in [0, 0.05) is 28.7 Å². The van der Waals surface area contributed by atoms with E-state index in [1.54, 1.807) is 0 Å². The van der Waals surface area contributed by atoms with E-state index in [2.05, 4.69) is 15.5 Å². The molecule has 0 radical (unpaired) electrons. The van der Waals surface area contributed by atoms with Crippen LogP contribution in [-0.4, -0.2) is 27.3 Å². The number of halogens is 1. The number of fused-ring (bicyclic) bond motifs is 1. The number of nitrogens with zero attached hydrogens (tertiary/aromatic N) is 1. The van der Waals surface area contributed by atoms with Gasteiger partial charge >= 0.3 is 0 Å². The highest BCUT2D eigenvalue weighted by Gasteiger charge is 2.31. The molecule has 2 atom stereocenters. The first kappa shape index (κ1) is 18.8. The van der Waals surface area contributed by atoms with Crippen LogP contribution in [0, 0.1) is 12.8 Å². The molecule has 1 aliphatic rings. The second kappa shape index (κ2) is 7.85. The average Bonchev–Trinajstić information content (AvgIpc) is 3.37. The summed E-state index contributed by atoms with van der Waals surface area (Å²) in [5, 5.41) is 18.0. The molecule has 3 aromatic rings. The van der Waals surface area contributed by atoms with E-state index in [1.165, 1.54) is 0 Å². The monoisotopic (exact) mass is 403 g/mol. The van der Waals surface area contributed by atoms with E-state index in [-0.39, 0.29) is 18.4 Å². The maximum atomic E-state index is 12.2. The average molecular weight is 404 g/mol. The maximum absolute atomic E-state index is 12.2. The van der Waals surface area contributed by atoms with Crippen LogP contribution in [0.15, 0.2) is 28.8 Å². The van der Waals surface area contributed by atoms with Crippen molar-refractivity contribution in [1.29, 1.82) is 0 Å². The first-order chi connectivity index (χ1) is 13.5. The fourth-order valence-corrected chi connectivity index (χ4v) is 3.82. The first-order valence-corrected chi connectivity index (χ1v) is 9.69. The van der Waals surface area contributed by atoms with Crippen molar-refractivity contribution >= 4 is 28.4 Å². The van der Waals surface area contributed by atoms with Crippen LogP contribution in [0.4, 0.5) is 0 Å². The molecule has 1 fully saturated rings. The second-order valence-electron chi connectivity index (χ2n) is 7.21. The molecule has 0 spiro atoms. The molecule has 148 valence electrons. The van der Waals surface area contributed by atoms with Crippen LogP contribution in [0.5, 0.6) is 5.75 Å². The highest BCUT2D eigenvalue weighted by molar-refractivity contribution is 6.32. The zero-order valence-electron chi connectivity index (χ0n) is 15.5. The fraction of sp³-hybridized carbons (Fsp3) is 0.400. The van der Waals surface area contributed by atoms with Gasteiger partial charge in [0.05, 0.1) is 29.3 Å². The predicted molar refractivity (Wildman–Crippen MR) is 104 cm³/mol. The zero-order chi connectivity index (χ0) is 19.7. The summed E-state index contributed by atoms with van der Waals surface area (Å²) < 4.78 is 10.9. The smallest absolute Gasteiger partial charge is 0.226 e. The number of rotatable bonds is 6. The molecule has 3 N–H and O–H groups in total. The summed E-state index contributed by atoms with van der Waals surface area (Å²) in [6.07, 6.45) is 1.79. The van der Waals surface area contributed by atoms with Crippen molar-refractivity contribution in [1.82, 2.24) is 15.5 Å². The van der Waals surface area contributed by atoms with Crippen molar-refractivity contribution in [2.45, 2.75) is 45.4 Å². The van der Waals surface area contributed by atoms with Gasteiger partial charge in [-0.3, -0.25) is 4.79 Å². The van der Waals surface area contributed by atoms with Crippen molar-refractivity contribution < 1.29 is 19.2 Å². The van der Waals surface area contributed by atoms with Crippen LogP contribution in [0.25, 0.3) is 10.9 Å². The molecule has 0 bridgehead atoms. The minimum atomic E-state index is -0.533. The molecule has 2 aromatic heterocycles. The number of H-pyrrole nitrogens is 1. The number of aliphatic hydroxyl groups excluding tert-OH is 1. The molecular formula is C20H22ClN3O4. The third-order valence-corrected chi connectivity index (χ3v) is 5.34. The van der Waals surface area contributed by atoms with Crippen LogP contribution in [-0.2, 0) is 17.9 Å². The Morgan fingerprint density at radius 1 is 1.39 bits per heavy atom. The Kier molecular flexibility index (Phi) is 5.28. The summed E-state index contributed by atoms with van der Waals surface area (Å²) in [5.74, 6) is 0.749. The summed E-state index contributed by atoms with van der Waals surface area (Å²) >= 11 is 6.33. The van der Waals surface area contributed by atoms with Gasteiger partial charge in [0.15, 0.2) is 5.76 Å². The number of aliphatic hydroxyl groups is 1. The maximum Gasteiger partial charge on any atom is 0.226 e. The SMILES string of the molecule is Cc1cc(COc2cc3[nH]c(CNC(=O)[C@@H]4CCC[C@H]4O)cc3cc2Cl)on1. The summed E-state index contributed by atoms with van der Waals surface area (Å²) in [4.78, 5) is 15.5. The number of aromatic nitrogens is 2. The normalized spacial score (nSPS) is 19.2. The Hall–Kier alpha value is -2.51. The van der Waals surface area contributed by atoms with Gasteiger partial charge in [-0.15, -0.1) is 0 Å². The van der Waals surface area contributed by atoms with E-state index < -0.39 is 6.10 Å². The topological polar surface area (TPSA) is 100 Å². The Balaban J connectivity index is 1.42. The van der Waals surface area contributed by atoms with E-state index in [1.807, 2.05) is 31.2 Å². The number of nitrogens with one attached hydrogen (secondary N) is 2. The van der Waals surface area contributed by atoms with Gasteiger partial charge in [0.2, 0.25) is 5.91 Å². The van der Waals surface area contributed by atoms with Crippen molar-refractivity contribution in [2.24, 2.45) is 5.92 Å². The summed E-state index contributed by atoms with van der Waals surface area (Å²) in [6, 6.07) is 7.40. The van der Waals surface area contributed by atoms with Crippen LogP contribution < -0.4 is 10.1 Å². The molecule has 1 amide bonds. The number of amides is 1. The molecule has 1 aromatic carbocycles. The molecule has 0 saturated heterocycles. The van der Waals surface area contributed by atoms with Crippen molar-refractivity contribution in [3.05, 3.63) is 46.4 Å². The van der Waals surface area contributed by atoms with Gasteiger partial charge in [-0.05, 0) is 38.3 Å². The lowest BCUT2D eigenvalue weighted by Crippen LogP contribution is -2.34. The van der Waals surface area contributed by atoms with E-state index in [9.17, 15) is 9.90 Å². The number of hydrogen-bond acceptors (Lipinski definition) is 5. The molecule has 2 heterocycles. The highest BCUT2D eigenvalue weighted by atomic mass is 35.5. The Morgan fingerprint density at radius 2 is 2.25 bits per heavy atom. The molecule has 28 heavy (non-hydrogen) atoms. The van der Waals surface area contributed by atoms with Crippen molar-refractivity contribution in [3.63, 3.8) is 0 Å².